The highest BCUT2D eigenvalue weighted by Crippen LogP contribution is 2.43. The Morgan fingerprint density at radius 3 is 1.51 bits per heavy atom. The van der Waals surface area contributed by atoms with E-state index in [2.05, 4.69) is 25.2 Å². The summed E-state index contributed by atoms with van der Waals surface area (Å²) in [5, 5.41) is 90.3. The molecule has 83 heavy (non-hydrogen) atoms. The van der Waals surface area contributed by atoms with Crippen LogP contribution in [0.1, 0.15) is 19.3 Å². The van der Waals surface area contributed by atoms with Gasteiger partial charge in [0.2, 0.25) is 0 Å². The van der Waals surface area contributed by atoms with E-state index >= 15 is 0 Å². The largest absolute Gasteiger partial charge is 0.434 e. The highest BCUT2D eigenvalue weighted by molar-refractivity contribution is 8.01. The molecule has 4 atom stereocenters. The van der Waals surface area contributed by atoms with Crippen molar-refractivity contribution in [2.45, 2.75) is 69.3 Å². The maximum Gasteiger partial charge on any atom is 0.434 e. The summed E-state index contributed by atoms with van der Waals surface area (Å²) >= 11 is 5.35. The lowest BCUT2D eigenvalue weighted by atomic mass is 8.57. The summed E-state index contributed by atoms with van der Waals surface area (Å²) in [6.45, 7) is 8.79. The molecule has 0 spiro atoms. The molecule has 0 aliphatic carbocycles. The number of aliphatic hydroxyl groups excluding tert-OH is 6. The number of imidazole rings is 3. The van der Waals surface area contributed by atoms with E-state index in [1.165, 1.54) is 50.9 Å². The fraction of sp³-hybridized carbons (Fsp3) is 0.786. The number of hydrogen-bond donors (Lipinski definition) is 8. The second kappa shape index (κ2) is 48.3. The van der Waals surface area contributed by atoms with E-state index < -0.39 is 52.2 Å². The van der Waals surface area contributed by atoms with Crippen LogP contribution in [-0.2, 0) is 48.1 Å². The fourth-order valence-corrected chi connectivity index (χ4v) is 8.14. The van der Waals surface area contributed by atoms with Gasteiger partial charge in [-0.25, -0.2) is 13.7 Å². The Bertz CT molecular complexity index is 2110. The molecule has 4 heterocycles. The number of nitrogens with two attached hydrogens (primary N) is 1. The van der Waals surface area contributed by atoms with Crippen molar-refractivity contribution in [1.29, 1.82) is 0 Å². The van der Waals surface area contributed by atoms with Crippen molar-refractivity contribution in [3.05, 3.63) is 67.5 Å². The summed E-state index contributed by atoms with van der Waals surface area (Å²) in [5.74, 6) is -0.349. The van der Waals surface area contributed by atoms with Gasteiger partial charge in [0.05, 0.1) is 150 Å². The molecule has 4 rings (SSSR count). The molecule has 450 valence electrons. The van der Waals surface area contributed by atoms with Crippen LogP contribution in [0.15, 0.2) is 37.2 Å². The molecule has 0 aromatic carbocycles. The minimum absolute atomic E-state index is 0.00544. The molecular formula is C42H77B10ClN12O18. The van der Waals surface area contributed by atoms with Gasteiger partial charge in [-0.15, -0.1) is 11.6 Å². The predicted octanol–water partition coefficient (Wildman–Crippen LogP) is -4.72. The van der Waals surface area contributed by atoms with Crippen molar-refractivity contribution in [2.75, 3.05) is 144 Å². The van der Waals surface area contributed by atoms with Gasteiger partial charge in [0, 0.05) is 96.9 Å². The third-order valence-electron chi connectivity index (χ3n) is 12.0. The van der Waals surface area contributed by atoms with E-state index in [1.807, 2.05) is 0 Å². The van der Waals surface area contributed by atoms with Crippen molar-refractivity contribution >= 4 is 100 Å². The molecule has 1 saturated heterocycles. The smallest absolute Gasteiger partial charge is 0.394 e. The zero-order valence-corrected chi connectivity index (χ0v) is 47.8. The van der Waals surface area contributed by atoms with Gasteiger partial charge in [0.25, 0.3) is 0 Å². The fourth-order valence-electron chi connectivity index (χ4n) is 8.04. The van der Waals surface area contributed by atoms with E-state index in [4.69, 9.17) is 105 Å². The van der Waals surface area contributed by atoms with Crippen molar-refractivity contribution in [3.63, 3.8) is 0 Å². The Balaban J connectivity index is 0.000000638. The van der Waals surface area contributed by atoms with Crippen LogP contribution >= 0.6 is 11.6 Å². The Hall–Kier alpha value is -3.83. The third-order valence-corrected chi connectivity index (χ3v) is 12.3. The number of aliphatic hydroxyl groups is 6. The molecule has 0 amide bonds. The Kier molecular flexibility index (Phi) is 44.9. The van der Waals surface area contributed by atoms with Gasteiger partial charge in [0.15, 0.2) is 0 Å². The summed E-state index contributed by atoms with van der Waals surface area (Å²) in [6, 6.07) is 0. The summed E-state index contributed by atoms with van der Waals surface area (Å²) in [5.41, 5.74) is 5.16. The van der Waals surface area contributed by atoms with Crippen molar-refractivity contribution in [1.82, 2.24) is 38.9 Å². The van der Waals surface area contributed by atoms with E-state index in [0.29, 0.717) is 118 Å². The van der Waals surface area contributed by atoms with Crippen LogP contribution in [0, 0.1) is 30.3 Å². The first kappa shape index (κ1) is 77.2. The van der Waals surface area contributed by atoms with Crippen molar-refractivity contribution in [2.24, 2.45) is 5.73 Å². The minimum Gasteiger partial charge on any atom is -0.394 e. The van der Waals surface area contributed by atoms with Crippen molar-refractivity contribution < 1.29 is 73.8 Å². The lowest BCUT2D eigenvalue weighted by Gasteiger charge is -2.26. The van der Waals surface area contributed by atoms with Gasteiger partial charge in [-0.1, -0.05) is 39.9 Å². The van der Waals surface area contributed by atoms with Crippen LogP contribution < -0.4 is 11.1 Å². The molecule has 9 N–H and O–H groups in total. The number of rotatable bonds is 46. The normalized spacial score (nSPS) is 13.6. The highest BCUT2D eigenvalue weighted by Gasteiger charge is 2.49. The average Bonchev–Trinajstić information content (AvgIpc) is 3.80. The third kappa shape index (κ3) is 36.0. The zero-order valence-electron chi connectivity index (χ0n) is 47.1. The molecule has 30 nitrogen and oxygen atoms in total. The molecule has 10 radical (unpaired) electrons. The molecule has 3 aromatic heterocycles. The van der Waals surface area contributed by atoms with Crippen LogP contribution in [-0.4, -0.2) is 312 Å². The van der Waals surface area contributed by atoms with Crippen LogP contribution in [0.3, 0.4) is 0 Å². The second-order valence-corrected chi connectivity index (χ2v) is 18.9. The molecule has 4 unspecified atom stereocenters. The number of unbranched alkanes of at least 4 members (excludes halogenated alkanes) is 1. The first-order chi connectivity index (χ1) is 39.9. The first-order valence-corrected chi connectivity index (χ1v) is 27.7. The number of ether oxygens (including phenoxy) is 6. The standard InChI is InChI=1S/C18H32B10N4O6.C12H22N4O6.C6H8ClN3O3.C6H15NO3/c19-25(20)27(23)28(26(21)22)24-13-16(24)3-1-2-5-30(7-9-37-11-12-38-10-8-33)14-17(34)15-31-6-4-29-18(31)32(35)36;17-4-6-22-8-7-21-5-2-13-9-11(18)10-15-3-1-14-12(15)16(19)20;7-3-5(11)4-9-2-1-8-6(9)10(12)13;7-1-3-9-5-6-10-4-2-8/h4,6,16-17,33-34H,1-3,5,7-15H2;1,3,11,13,17-18H,2,4-10H2;1-2,5,11H,3-4H2;8H,1-7H2. The van der Waals surface area contributed by atoms with E-state index in [-0.39, 0.29) is 76.2 Å². The summed E-state index contributed by atoms with van der Waals surface area (Å²) in [7, 11) is 29.6. The molecular weight excluding hydrogens is 1100 g/mol. The van der Waals surface area contributed by atoms with Crippen molar-refractivity contribution in [3.8, 4) is 0 Å². The first-order valence-electron chi connectivity index (χ1n) is 27.1. The molecule has 1 fully saturated rings. The molecule has 1 aliphatic rings. The number of nitro groups is 3. The summed E-state index contributed by atoms with van der Waals surface area (Å²) in [6.07, 6.45) is 8.07. The predicted molar refractivity (Wildman–Crippen MR) is 320 cm³/mol. The lowest BCUT2D eigenvalue weighted by Crippen LogP contribution is -2.63. The summed E-state index contributed by atoms with van der Waals surface area (Å²) < 4.78 is 34.9. The SMILES string of the molecule is NCCOCCOCCO.O=[N+]([O-])c1nccn1CC(O)CCl.O=[N+]([O-])c1nccn1CC(O)CNCCOCCOCCO.[B]B([B])B([B])B(B([B])[B])B1CC1CCCCN(CCOCCOCCO)CC(O)Cn1ccnc1[N+](=O)[O-]. The number of halogens is 1. The topological polar surface area (TPSA) is 401 Å². The maximum absolute atomic E-state index is 11.1. The molecule has 3 aromatic rings. The monoisotopic (exact) mass is 1180 g/mol. The Morgan fingerprint density at radius 2 is 1.08 bits per heavy atom. The molecule has 1 aliphatic heterocycles. The van der Waals surface area contributed by atoms with E-state index in [0.717, 1.165) is 32.1 Å². The van der Waals surface area contributed by atoms with Crippen LogP contribution in [0.2, 0.25) is 12.1 Å². The van der Waals surface area contributed by atoms with Gasteiger partial charge >= 0.3 is 17.8 Å². The minimum atomic E-state index is -0.822. The molecule has 41 heteroatoms. The summed E-state index contributed by atoms with van der Waals surface area (Å²) in [4.78, 5) is 43.3. The number of nitrogens with one attached hydrogen (secondary N) is 1. The Labute approximate surface area is 498 Å². The zero-order chi connectivity index (χ0) is 61.8. The number of alkyl halides is 1. The molecule has 0 saturated carbocycles. The second-order valence-electron chi connectivity index (χ2n) is 18.6. The van der Waals surface area contributed by atoms with E-state index in [1.54, 1.807) is 0 Å². The van der Waals surface area contributed by atoms with Gasteiger partial charge < -0.3 is 100 Å². The van der Waals surface area contributed by atoms with Crippen LogP contribution in [0.25, 0.3) is 0 Å². The van der Waals surface area contributed by atoms with Gasteiger partial charge in [0.1, 0.15) is 37.2 Å². The highest BCUT2D eigenvalue weighted by atomic mass is 35.5. The Morgan fingerprint density at radius 1 is 0.651 bits per heavy atom. The molecule has 0 bridgehead atoms. The number of hydrogen-bond acceptors (Lipinski definition) is 24. The van der Waals surface area contributed by atoms with Gasteiger partial charge in [-0.05, 0) is 27.7 Å². The number of nitrogens with zero attached hydrogens (tertiary/aromatic N) is 10. The lowest BCUT2D eigenvalue weighted by molar-refractivity contribution is -0.397. The quantitative estimate of drug-likeness (QED) is 0.00866. The average molecular weight is 1180 g/mol. The maximum atomic E-state index is 11.1. The van der Waals surface area contributed by atoms with E-state index in [9.17, 15) is 40.6 Å². The van der Waals surface area contributed by atoms with Crippen LogP contribution in [0.5, 0.6) is 0 Å². The number of aromatic nitrogens is 6. The van der Waals surface area contributed by atoms with Gasteiger partial charge in [-0.2, -0.15) is 0 Å². The van der Waals surface area contributed by atoms with Gasteiger partial charge in [-0.3, -0.25) is 4.90 Å². The van der Waals surface area contributed by atoms with Crippen LogP contribution in [0.4, 0.5) is 17.8 Å².